The molecule has 0 radical (unpaired) electrons. The number of aliphatic hydroxyl groups is 1. The van der Waals surface area contributed by atoms with E-state index in [9.17, 15) is 4.79 Å². The molecule has 0 aromatic heterocycles. The van der Waals surface area contributed by atoms with Crippen LogP contribution in [0.1, 0.15) is 20.3 Å². The van der Waals surface area contributed by atoms with Crippen molar-refractivity contribution in [3.63, 3.8) is 0 Å². The van der Waals surface area contributed by atoms with Crippen molar-refractivity contribution in [2.45, 2.75) is 25.9 Å². The smallest absolute Gasteiger partial charge is 0.381 e. The number of rotatable bonds is 1. The van der Waals surface area contributed by atoms with Crippen molar-refractivity contribution in [3.05, 3.63) is 0 Å². The number of carboxylic acid groups (broad SMARTS) is 1. The van der Waals surface area contributed by atoms with Crippen LogP contribution in [0.2, 0.25) is 0 Å². The van der Waals surface area contributed by atoms with E-state index < -0.39 is 11.6 Å². The third-order valence-corrected chi connectivity index (χ3v) is 0.716. The number of carboxylic acids is 1. The van der Waals surface area contributed by atoms with Gasteiger partial charge in [-0.05, 0) is 13.8 Å². The molecule has 3 heteroatoms. The van der Waals surface area contributed by atoms with E-state index in [-0.39, 0.29) is 6.42 Å². The van der Waals surface area contributed by atoms with Crippen molar-refractivity contribution in [2.24, 2.45) is 0 Å². The minimum atomic E-state index is -1.16. The van der Waals surface area contributed by atoms with Crippen molar-refractivity contribution < 1.29 is 15.0 Å². The summed E-state index contributed by atoms with van der Waals surface area (Å²) in [4.78, 5) is 9.83. The van der Waals surface area contributed by atoms with Crippen molar-refractivity contribution in [1.82, 2.24) is 0 Å². The summed E-state index contributed by atoms with van der Waals surface area (Å²) in [6, 6.07) is 0. The van der Waals surface area contributed by atoms with E-state index in [4.69, 9.17) is 10.2 Å². The minimum Gasteiger partial charge on any atom is -0.472 e. The molecule has 0 saturated carbocycles. The van der Waals surface area contributed by atoms with Crippen LogP contribution in [0.4, 0.5) is 0 Å². The molecule has 10 heavy (non-hydrogen) atoms. The van der Waals surface area contributed by atoms with Gasteiger partial charge < -0.3 is 10.2 Å². The maximum atomic E-state index is 9.83. The number of hydrogen-bond donors (Lipinski definition) is 2. The molecular formula is C7H10O3. The highest BCUT2D eigenvalue weighted by Gasteiger charge is 2.08. The van der Waals surface area contributed by atoms with Crippen LogP contribution >= 0.6 is 0 Å². The summed E-state index contributed by atoms with van der Waals surface area (Å²) in [6.45, 7) is 3.15. The van der Waals surface area contributed by atoms with E-state index in [1.54, 1.807) is 13.8 Å². The first-order valence-corrected chi connectivity index (χ1v) is 2.86. The van der Waals surface area contributed by atoms with Crippen LogP contribution in [-0.2, 0) is 4.79 Å². The zero-order valence-corrected chi connectivity index (χ0v) is 6.01. The first-order chi connectivity index (χ1) is 4.42. The summed E-state index contributed by atoms with van der Waals surface area (Å²) < 4.78 is 0. The van der Waals surface area contributed by atoms with Crippen LogP contribution < -0.4 is 0 Å². The predicted molar refractivity (Wildman–Crippen MR) is 36.3 cm³/mol. The van der Waals surface area contributed by atoms with Crippen LogP contribution in [-0.4, -0.2) is 21.8 Å². The second-order valence-electron chi connectivity index (χ2n) is 2.60. The molecule has 0 aromatic carbocycles. The number of aliphatic carboxylic acids is 1. The largest absolute Gasteiger partial charge is 0.472 e. The molecule has 0 heterocycles. The van der Waals surface area contributed by atoms with Crippen LogP contribution in [0.25, 0.3) is 0 Å². The average molecular weight is 142 g/mol. The molecule has 0 saturated heterocycles. The second kappa shape index (κ2) is 3.23. The standard InChI is InChI=1S/C7H10O3/c1-7(2,10)5-3-4-6(8)9/h10H,5H2,1-2H3,(H,8,9). The zero-order chi connectivity index (χ0) is 8.20. The fraction of sp³-hybridized carbons (Fsp3) is 0.571. The van der Waals surface area contributed by atoms with E-state index in [1.165, 1.54) is 0 Å². The fourth-order valence-corrected chi connectivity index (χ4v) is 0.336. The van der Waals surface area contributed by atoms with Gasteiger partial charge in [-0.1, -0.05) is 5.92 Å². The Kier molecular flexibility index (Phi) is 2.91. The SMILES string of the molecule is CC(C)(O)CC#CC(=O)O. The molecule has 56 valence electrons. The molecule has 0 aliphatic rings. The number of carbonyl (C=O) groups is 1. The fourth-order valence-electron chi connectivity index (χ4n) is 0.336. The first-order valence-electron chi connectivity index (χ1n) is 2.86. The predicted octanol–water partition coefficient (Wildman–Crippen LogP) is 0.235. The second-order valence-corrected chi connectivity index (χ2v) is 2.60. The van der Waals surface area contributed by atoms with Gasteiger partial charge in [0.1, 0.15) is 0 Å². The van der Waals surface area contributed by atoms with Crippen LogP contribution in [0.5, 0.6) is 0 Å². The highest BCUT2D eigenvalue weighted by Crippen LogP contribution is 2.04. The molecule has 0 fully saturated rings. The Balaban J connectivity index is 3.78. The molecule has 0 rings (SSSR count). The zero-order valence-electron chi connectivity index (χ0n) is 6.01. The van der Waals surface area contributed by atoms with Crippen LogP contribution in [0, 0.1) is 11.8 Å². The lowest BCUT2D eigenvalue weighted by Crippen LogP contribution is -2.16. The van der Waals surface area contributed by atoms with Crippen molar-refractivity contribution in [2.75, 3.05) is 0 Å². The quantitative estimate of drug-likeness (QED) is 0.515. The molecular weight excluding hydrogens is 132 g/mol. The summed E-state index contributed by atoms with van der Waals surface area (Å²) in [5.41, 5.74) is -0.900. The summed E-state index contributed by atoms with van der Waals surface area (Å²) in [5, 5.41) is 17.1. The van der Waals surface area contributed by atoms with Gasteiger partial charge in [-0.15, -0.1) is 0 Å². The minimum absolute atomic E-state index is 0.180. The molecule has 0 atom stereocenters. The Morgan fingerprint density at radius 3 is 2.40 bits per heavy atom. The highest BCUT2D eigenvalue weighted by molar-refractivity contribution is 5.86. The molecule has 0 spiro atoms. The monoisotopic (exact) mass is 142 g/mol. The third kappa shape index (κ3) is 6.99. The summed E-state index contributed by atoms with van der Waals surface area (Å²) in [5.74, 6) is 3.07. The van der Waals surface area contributed by atoms with E-state index in [0.29, 0.717) is 0 Å². The lowest BCUT2D eigenvalue weighted by molar-refractivity contribution is -0.130. The lowest BCUT2D eigenvalue weighted by atomic mass is 10.1. The van der Waals surface area contributed by atoms with Gasteiger partial charge in [0.05, 0.1) is 5.60 Å². The Morgan fingerprint density at radius 1 is 1.60 bits per heavy atom. The summed E-state index contributed by atoms with van der Waals surface area (Å²) in [6.07, 6.45) is 0.180. The summed E-state index contributed by atoms with van der Waals surface area (Å²) >= 11 is 0. The first kappa shape index (κ1) is 8.99. The molecule has 0 unspecified atom stereocenters. The van der Waals surface area contributed by atoms with E-state index in [2.05, 4.69) is 5.92 Å². The molecule has 0 aliphatic carbocycles. The lowest BCUT2D eigenvalue weighted by Gasteiger charge is -2.11. The molecule has 2 N–H and O–H groups in total. The van der Waals surface area contributed by atoms with Gasteiger partial charge in [0.2, 0.25) is 0 Å². The topological polar surface area (TPSA) is 57.5 Å². The van der Waals surface area contributed by atoms with Crippen molar-refractivity contribution in [3.8, 4) is 11.8 Å². The summed E-state index contributed by atoms with van der Waals surface area (Å²) in [7, 11) is 0. The van der Waals surface area contributed by atoms with Crippen molar-refractivity contribution in [1.29, 1.82) is 0 Å². The Morgan fingerprint density at radius 2 is 2.10 bits per heavy atom. The Labute approximate surface area is 59.7 Å². The molecule has 0 aromatic rings. The van der Waals surface area contributed by atoms with E-state index in [1.807, 2.05) is 5.92 Å². The highest BCUT2D eigenvalue weighted by atomic mass is 16.4. The van der Waals surface area contributed by atoms with E-state index in [0.717, 1.165) is 0 Å². The normalized spacial score (nSPS) is 9.90. The van der Waals surface area contributed by atoms with E-state index >= 15 is 0 Å². The van der Waals surface area contributed by atoms with Crippen molar-refractivity contribution >= 4 is 5.97 Å². The third-order valence-electron chi connectivity index (χ3n) is 0.716. The van der Waals surface area contributed by atoms with Gasteiger partial charge in [-0.2, -0.15) is 0 Å². The average Bonchev–Trinajstić information content (AvgIpc) is 1.59. The molecule has 3 nitrogen and oxygen atoms in total. The molecule has 0 amide bonds. The van der Waals surface area contributed by atoms with Gasteiger partial charge >= 0.3 is 5.97 Å². The Bertz CT molecular complexity index is 177. The van der Waals surface area contributed by atoms with Crippen LogP contribution in [0.15, 0.2) is 0 Å². The molecule has 0 aliphatic heterocycles. The molecule has 0 bridgehead atoms. The maximum absolute atomic E-state index is 9.83. The van der Waals surface area contributed by atoms with Gasteiger partial charge in [-0.25, -0.2) is 4.79 Å². The Hall–Kier alpha value is -1.01. The van der Waals surface area contributed by atoms with Gasteiger partial charge in [0.15, 0.2) is 0 Å². The number of hydrogen-bond acceptors (Lipinski definition) is 2. The van der Waals surface area contributed by atoms with Gasteiger partial charge in [-0.3, -0.25) is 0 Å². The van der Waals surface area contributed by atoms with Crippen LogP contribution in [0.3, 0.4) is 0 Å². The van der Waals surface area contributed by atoms with Gasteiger partial charge in [0, 0.05) is 12.3 Å². The van der Waals surface area contributed by atoms with Gasteiger partial charge in [0.25, 0.3) is 0 Å². The maximum Gasteiger partial charge on any atom is 0.381 e.